The van der Waals surface area contributed by atoms with Crippen molar-refractivity contribution < 1.29 is 4.79 Å². The van der Waals surface area contributed by atoms with Gasteiger partial charge in [-0.1, -0.05) is 6.92 Å². The van der Waals surface area contributed by atoms with Crippen LogP contribution in [0.1, 0.15) is 41.5 Å². The van der Waals surface area contributed by atoms with Crippen molar-refractivity contribution in [3.63, 3.8) is 0 Å². The van der Waals surface area contributed by atoms with Crippen molar-refractivity contribution in [1.82, 2.24) is 15.1 Å². The Bertz CT molecular complexity index is 390. The third-order valence-corrected chi connectivity index (χ3v) is 2.71. The number of aryl methyl sites for hydroxylation is 2. The van der Waals surface area contributed by atoms with E-state index < -0.39 is 0 Å². The molecule has 0 unspecified atom stereocenters. The van der Waals surface area contributed by atoms with Gasteiger partial charge in [0.2, 0.25) is 0 Å². The molecule has 3 N–H and O–H groups in total. The third kappa shape index (κ3) is 3.99. The number of nitrogens with one attached hydrogen (secondary N) is 1. The van der Waals surface area contributed by atoms with Crippen LogP contribution in [-0.2, 0) is 6.54 Å². The lowest BCUT2D eigenvalue weighted by Gasteiger charge is -2.05. The molecule has 5 nitrogen and oxygen atoms in total. The zero-order valence-corrected chi connectivity index (χ0v) is 12.1. The molecule has 0 aliphatic carbocycles. The second-order valence-corrected chi connectivity index (χ2v) is 4.17. The number of nitrogens with two attached hydrogens (primary N) is 1. The van der Waals surface area contributed by atoms with Gasteiger partial charge in [-0.15, -0.1) is 12.4 Å². The lowest BCUT2D eigenvalue weighted by atomic mass is 10.2. The topological polar surface area (TPSA) is 72.9 Å². The minimum Gasteiger partial charge on any atom is -0.352 e. The SMILES string of the molecule is CCCn1nc(C)c(C(=O)NCCCN)c1C.Cl. The summed E-state index contributed by atoms with van der Waals surface area (Å²) in [6.07, 6.45) is 1.81. The van der Waals surface area contributed by atoms with E-state index in [-0.39, 0.29) is 18.3 Å². The minimum atomic E-state index is -0.0456. The Hall–Kier alpha value is -1.07. The number of rotatable bonds is 6. The van der Waals surface area contributed by atoms with E-state index in [0.29, 0.717) is 18.7 Å². The quantitative estimate of drug-likeness (QED) is 0.771. The average molecular weight is 275 g/mol. The molecule has 1 aromatic heterocycles. The number of hydrogen-bond donors (Lipinski definition) is 2. The van der Waals surface area contributed by atoms with Crippen molar-refractivity contribution >= 4 is 18.3 Å². The van der Waals surface area contributed by atoms with Crippen molar-refractivity contribution in [2.75, 3.05) is 13.1 Å². The van der Waals surface area contributed by atoms with Crippen LogP contribution in [-0.4, -0.2) is 28.8 Å². The first-order valence-corrected chi connectivity index (χ1v) is 6.14. The van der Waals surface area contributed by atoms with Gasteiger partial charge in [0.1, 0.15) is 0 Å². The summed E-state index contributed by atoms with van der Waals surface area (Å²) in [4.78, 5) is 12.0. The van der Waals surface area contributed by atoms with E-state index in [1.165, 1.54) is 0 Å². The van der Waals surface area contributed by atoms with E-state index >= 15 is 0 Å². The first kappa shape index (κ1) is 16.9. The van der Waals surface area contributed by atoms with Gasteiger partial charge in [0.15, 0.2) is 0 Å². The fraction of sp³-hybridized carbons (Fsp3) is 0.667. The van der Waals surface area contributed by atoms with E-state index in [1.807, 2.05) is 18.5 Å². The van der Waals surface area contributed by atoms with Crippen LogP contribution in [0, 0.1) is 13.8 Å². The van der Waals surface area contributed by atoms with Gasteiger partial charge in [0, 0.05) is 18.8 Å². The lowest BCUT2D eigenvalue weighted by Crippen LogP contribution is -2.27. The maximum absolute atomic E-state index is 12.0. The van der Waals surface area contributed by atoms with Gasteiger partial charge in [-0.2, -0.15) is 5.10 Å². The molecule has 0 atom stereocenters. The van der Waals surface area contributed by atoms with Crippen LogP contribution in [0.4, 0.5) is 0 Å². The molecular weight excluding hydrogens is 252 g/mol. The Morgan fingerprint density at radius 3 is 2.67 bits per heavy atom. The number of hydrogen-bond acceptors (Lipinski definition) is 3. The van der Waals surface area contributed by atoms with Crippen molar-refractivity contribution in [2.24, 2.45) is 5.73 Å². The number of carbonyl (C=O) groups is 1. The van der Waals surface area contributed by atoms with Crippen LogP contribution in [0.15, 0.2) is 0 Å². The molecule has 1 amide bonds. The molecule has 18 heavy (non-hydrogen) atoms. The summed E-state index contributed by atoms with van der Waals surface area (Å²) in [5, 5.41) is 7.25. The number of halogens is 1. The summed E-state index contributed by atoms with van der Waals surface area (Å²) in [7, 11) is 0. The van der Waals surface area contributed by atoms with Gasteiger partial charge in [-0.25, -0.2) is 0 Å². The second-order valence-electron chi connectivity index (χ2n) is 4.17. The van der Waals surface area contributed by atoms with Crippen LogP contribution < -0.4 is 11.1 Å². The first-order valence-electron chi connectivity index (χ1n) is 6.14. The van der Waals surface area contributed by atoms with E-state index in [2.05, 4.69) is 17.3 Å². The molecule has 0 aliphatic heterocycles. The first-order chi connectivity index (χ1) is 8.11. The summed E-state index contributed by atoms with van der Waals surface area (Å²) in [5.41, 5.74) is 7.83. The van der Waals surface area contributed by atoms with Crippen molar-refractivity contribution in [3.8, 4) is 0 Å². The number of carbonyl (C=O) groups excluding carboxylic acids is 1. The molecule has 0 radical (unpaired) electrons. The molecule has 0 saturated heterocycles. The van der Waals surface area contributed by atoms with E-state index in [4.69, 9.17) is 5.73 Å². The number of nitrogens with zero attached hydrogens (tertiary/aromatic N) is 2. The standard InChI is InChI=1S/C12H22N4O.ClH/c1-4-8-16-10(3)11(9(2)15-16)12(17)14-7-5-6-13;/h4-8,13H2,1-3H3,(H,14,17);1H. The fourth-order valence-electron chi connectivity index (χ4n) is 1.85. The highest BCUT2D eigenvalue weighted by Crippen LogP contribution is 2.13. The highest BCUT2D eigenvalue weighted by Gasteiger charge is 2.17. The normalized spacial score (nSPS) is 10.0. The van der Waals surface area contributed by atoms with E-state index in [0.717, 1.165) is 30.8 Å². The second kappa shape index (κ2) is 8.11. The summed E-state index contributed by atoms with van der Waals surface area (Å²) >= 11 is 0. The van der Waals surface area contributed by atoms with Crippen LogP contribution >= 0.6 is 12.4 Å². The van der Waals surface area contributed by atoms with Gasteiger partial charge in [-0.05, 0) is 33.2 Å². The highest BCUT2D eigenvalue weighted by molar-refractivity contribution is 5.96. The molecule has 104 valence electrons. The molecule has 6 heteroatoms. The zero-order chi connectivity index (χ0) is 12.8. The van der Waals surface area contributed by atoms with Gasteiger partial charge >= 0.3 is 0 Å². The van der Waals surface area contributed by atoms with Gasteiger partial charge < -0.3 is 11.1 Å². The van der Waals surface area contributed by atoms with Crippen LogP contribution in [0.25, 0.3) is 0 Å². The number of amides is 1. The monoisotopic (exact) mass is 274 g/mol. The highest BCUT2D eigenvalue weighted by atomic mass is 35.5. The summed E-state index contributed by atoms with van der Waals surface area (Å²) in [6, 6.07) is 0. The fourth-order valence-corrected chi connectivity index (χ4v) is 1.85. The Morgan fingerprint density at radius 1 is 1.44 bits per heavy atom. The molecule has 0 saturated carbocycles. The molecule has 1 aromatic rings. The maximum atomic E-state index is 12.0. The Labute approximate surface area is 115 Å². The van der Waals surface area contributed by atoms with Crippen LogP contribution in [0.3, 0.4) is 0 Å². The van der Waals surface area contributed by atoms with Gasteiger partial charge in [-0.3, -0.25) is 9.48 Å². The van der Waals surface area contributed by atoms with Crippen molar-refractivity contribution in [1.29, 1.82) is 0 Å². The third-order valence-electron chi connectivity index (χ3n) is 2.71. The smallest absolute Gasteiger partial charge is 0.255 e. The van der Waals surface area contributed by atoms with Crippen molar-refractivity contribution in [3.05, 3.63) is 17.0 Å². The largest absolute Gasteiger partial charge is 0.352 e. The van der Waals surface area contributed by atoms with Gasteiger partial charge in [0.25, 0.3) is 5.91 Å². The predicted molar refractivity (Wildman–Crippen MR) is 75.2 cm³/mol. The van der Waals surface area contributed by atoms with Gasteiger partial charge in [0.05, 0.1) is 11.3 Å². The zero-order valence-electron chi connectivity index (χ0n) is 11.3. The Morgan fingerprint density at radius 2 is 2.11 bits per heavy atom. The summed E-state index contributed by atoms with van der Waals surface area (Å²) < 4.78 is 1.90. The molecule has 0 aliphatic rings. The molecule has 0 spiro atoms. The van der Waals surface area contributed by atoms with E-state index in [1.54, 1.807) is 0 Å². The predicted octanol–water partition coefficient (Wildman–Crippen LogP) is 1.41. The molecule has 1 heterocycles. The van der Waals surface area contributed by atoms with Crippen LogP contribution in [0.2, 0.25) is 0 Å². The molecule has 0 aromatic carbocycles. The minimum absolute atomic E-state index is 0. The molecule has 0 fully saturated rings. The average Bonchev–Trinajstić information content (AvgIpc) is 2.55. The van der Waals surface area contributed by atoms with E-state index in [9.17, 15) is 4.79 Å². The van der Waals surface area contributed by atoms with Crippen molar-refractivity contribution in [2.45, 2.75) is 40.2 Å². The van der Waals surface area contributed by atoms with Crippen LogP contribution in [0.5, 0.6) is 0 Å². The number of aromatic nitrogens is 2. The summed E-state index contributed by atoms with van der Waals surface area (Å²) in [6.45, 7) is 7.96. The summed E-state index contributed by atoms with van der Waals surface area (Å²) in [5.74, 6) is -0.0456. The lowest BCUT2D eigenvalue weighted by molar-refractivity contribution is 0.0952. The Balaban J connectivity index is 0.00000289. The maximum Gasteiger partial charge on any atom is 0.255 e. The molecule has 0 bridgehead atoms. The Kier molecular flexibility index (Phi) is 7.62. The molecular formula is C12H23ClN4O. The molecule has 1 rings (SSSR count).